The minimum absolute atomic E-state index is 0.428. The molecule has 1 heterocycles. The number of rotatable bonds is 7. The van der Waals surface area contributed by atoms with Crippen molar-refractivity contribution >= 4 is 55.8 Å². The molecule has 3 aromatic carbocycles. The van der Waals surface area contributed by atoms with Gasteiger partial charge in [0, 0.05) is 44.6 Å². The first-order valence-corrected chi connectivity index (χ1v) is 10.1. The Morgan fingerprint density at radius 3 is 2.62 bits per heavy atom. The number of aliphatic imine (C=N–C) groups is 1. The van der Waals surface area contributed by atoms with Gasteiger partial charge >= 0.3 is 0 Å². The van der Waals surface area contributed by atoms with Crippen LogP contribution in [-0.4, -0.2) is 36.1 Å². The van der Waals surface area contributed by atoms with Gasteiger partial charge in [-0.2, -0.15) is 0 Å². The first kappa shape index (κ1) is 19.5. The van der Waals surface area contributed by atoms with Crippen LogP contribution in [0.1, 0.15) is 0 Å². The SMILES string of the molecule is C=Nc1ccc2c(c1)c1cc(Br)ccc1n2CC(O)CNc1cccc(OC)c1. The second-order valence-corrected chi connectivity index (χ2v) is 7.81. The van der Waals surface area contributed by atoms with Crippen LogP contribution >= 0.6 is 15.9 Å². The maximum Gasteiger partial charge on any atom is 0.120 e. The number of ether oxygens (including phenoxy) is 1. The topological polar surface area (TPSA) is 58.8 Å². The molecule has 4 rings (SSSR count). The summed E-state index contributed by atoms with van der Waals surface area (Å²) in [5.74, 6) is 0.782. The number of hydrogen-bond acceptors (Lipinski definition) is 4. The van der Waals surface area contributed by atoms with Gasteiger partial charge in [-0.15, -0.1) is 0 Å². The molecule has 0 bridgehead atoms. The highest BCUT2D eigenvalue weighted by Crippen LogP contribution is 2.33. The Balaban J connectivity index is 1.63. The van der Waals surface area contributed by atoms with E-state index in [1.165, 1.54) is 0 Å². The smallest absolute Gasteiger partial charge is 0.120 e. The summed E-state index contributed by atoms with van der Waals surface area (Å²) in [5, 5.41) is 16.2. The van der Waals surface area contributed by atoms with Gasteiger partial charge in [0.1, 0.15) is 5.75 Å². The number of benzene rings is 3. The lowest BCUT2D eigenvalue weighted by Crippen LogP contribution is -2.24. The Kier molecular flexibility index (Phi) is 5.56. The molecule has 0 radical (unpaired) electrons. The Morgan fingerprint density at radius 2 is 1.86 bits per heavy atom. The molecule has 0 amide bonds. The molecule has 0 saturated carbocycles. The number of hydrogen-bond donors (Lipinski definition) is 2. The number of halogens is 1. The number of fused-ring (bicyclic) bond motifs is 3. The molecule has 0 aliphatic rings. The summed E-state index contributed by atoms with van der Waals surface area (Å²) in [6, 6.07) is 19.9. The van der Waals surface area contributed by atoms with E-state index in [-0.39, 0.29) is 0 Å². The molecule has 0 aliphatic heterocycles. The summed E-state index contributed by atoms with van der Waals surface area (Å²) in [7, 11) is 1.64. The molecule has 148 valence electrons. The van der Waals surface area contributed by atoms with Gasteiger partial charge in [0.15, 0.2) is 0 Å². The fraction of sp³-hybridized carbons (Fsp3) is 0.174. The van der Waals surface area contributed by atoms with Crippen molar-refractivity contribution in [2.24, 2.45) is 4.99 Å². The van der Waals surface area contributed by atoms with Crippen LogP contribution in [0.25, 0.3) is 21.8 Å². The highest BCUT2D eigenvalue weighted by Gasteiger charge is 2.15. The van der Waals surface area contributed by atoms with Gasteiger partial charge in [0.25, 0.3) is 0 Å². The Morgan fingerprint density at radius 1 is 1.10 bits per heavy atom. The summed E-state index contributed by atoms with van der Waals surface area (Å²) in [6.45, 7) is 4.53. The van der Waals surface area contributed by atoms with Crippen LogP contribution in [0.3, 0.4) is 0 Å². The molecule has 1 aromatic heterocycles. The first-order chi connectivity index (χ1) is 14.1. The van der Waals surface area contributed by atoms with Gasteiger partial charge in [0.2, 0.25) is 0 Å². The molecular formula is C23H22BrN3O2. The molecule has 1 atom stereocenters. The van der Waals surface area contributed by atoms with E-state index in [1.807, 2.05) is 48.5 Å². The minimum atomic E-state index is -0.569. The number of anilines is 1. The predicted octanol–water partition coefficient (Wildman–Crippen LogP) is 5.37. The van der Waals surface area contributed by atoms with Gasteiger partial charge in [-0.25, -0.2) is 0 Å². The maximum absolute atomic E-state index is 10.7. The van der Waals surface area contributed by atoms with Crippen molar-refractivity contribution in [2.45, 2.75) is 12.6 Å². The summed E-state index contributed by atoms with van der Waals surface area (Å²) in [4.78, 5) is 4.06. The van der Waals surface area contributed by atoms with E-state index in [2.05, 4.69) is 49.7 Å². The molecule has 4 aromatic rings. The highest BCUT2D eigenvalue weighted by atomic mass is 79.9. The highest BCUT2D eigenvalue weighted by molar-refractivity contribution is 9.10. The van der Waals surface area contributed by atoms with E-state index in [0.717, 1.165) is 43.4 Å². The fourth-order valence-corrected chi connectivity index (χ4v) is 3.96. The second kappa shape index (κ2) is 8.27. The number of nitrogens with zero attached hydrogens (tertiary/aromatic N) is 2. The number of methoxy groups -OCH3 is 1. The molecule has 0 spiro atoms. The molecule has 2 N–H and O–H groups in total. The van der Waals surface area contributed by atoms with Crippen molar-refractivity contribution in [2.75, 3.05) is 19.0 Å². The average Bonchev–Trinajstić information content (AvgIpc) is 3.04. The number of aromatic nitrogens is 1. The van der Waals surface area contributed by atoms with Crippen LogP contribution in [0.15, 0.2) is 70.1 Å². The van der Waals surface area contributed by atoms with Gasteiger partial charge in [0.05, 0.1) is 25.4 Å². The van der Waals surface area contributed by atoms with Crippen LogP contribution in [0.5, 0.6) is 5.75 Å². The quantitative estimate of drug-likeness (QED) is 0.371. The molecule has 5 nitrogen and oxygen atoms in total. The van der Waals surface area contributed by atoms with Crippen molar-refractivity contribution in [3.05, 3.63) is 65.1 Å². The molecule has 0 fully saturated rings. The van der Waals surface area contributed by atoms with Gasteiger partial charge in [-0.1, -0.05) is 22.0 Å². The monoisotopic (exact) mass is 451 g/mol. The minimum Gasteiger partial charge on any atom is -0.497 e. The van der Waals surface area contributed by atoms with Crippen LogP contribution < -0.4 is 10.1 Å². The van der Waals surface area contributed by atoms with Crippen molar-refractivity contribution in [1.82, 2.24) is 4.57 Å². The number of aliphatic hydroxyl groups excluding tert-OH is 1. The molecule has 0 aliphatic carbocycles. The Labute approximate surface area is 177 Å². The molecule has 29 heavy (non-hydrogen) atoms. The lowest BCUT2D eigenvalue weighted by Gasteiger charge is -2.16. The summed E-state index contributed by atoms with van der Waals surface area (Å²) in [5.41, 5.74) is 3.88. The summed E-state index contributed by atoms with van der Waals surface area (Å²) < 4.78 is 8.42. The third-order valence-electron chi connectivity index (χ3n) is 5.00. The van der Waals surface area contributed by atoms with Crippen LogP contribution in [-0.2, 0) is 6.54 Å². The standard InChI is InChI=1S/C23H22BrN3O2/c1-25-16-7-9-23-21(12-16)20-10-15(24)6-8-22(20)27(23)14-18(28)13-26-17-4-3-5-19(11-17)29-2/h3-12,18,26,28H,1,13-14H2,2H3. The van der Waals surface area contributed by atoms with E-state index in [9.17, 15) is 5.11 Å². The van der Waals surface area contributed by atoms with E-state index in [0.29, 0.717) is 13.1 Å². The van der Waals surface area contributed by atoms with Crippen molar-refractivity contribution in [3.8, 4) is 5.75 Å². The zero-order valence-electron chi connectivity index (χ0n) is 16.1. The van der Waals surface area contributed by atoms with E-state index >= 15 is 0 Å². The lowest BCUT2D eigenvalue weighted by molar-refractivity contribution is 0.169. The largest absolute Gasteiger partial charge is 0.497 e. The van der Waals surface area contributed by atoms with Crippen molar-refractivity contribution in [1.29, 1.82) is 0 Å². The molecule has 1 unspecified atom stereocenters. The van der Waals surface area contributed by atoms with Crippen molar-refractivity contribution < 1.29 is 9.84 Å². The van der Waals surface area contributed by atoms with Gasteiger partial charge < -0.3 is 19.7 Å². The second-order valence-electron chi connectivity index (χ2n) is 6.90. The van der Waals surface area contributed by atoms with E-state index in [4.69, 9.17) is 4.74 Å². The van der Waals surface area contributed by atoms with E-state index < -0.39 is 6.10 Å². The third kappa shape index (κ3) is 3.99. The third-order valence-corrected chi connectivity index (χ3v) is 5.49. The molecular weight excluding hydrogens is 430 g/mol. The number of aliphatic hydroxyl groups is 1. The van der Waals surface area contributed by atoms with Crippen molar-refractivity contribution in [3.63, 3.8) is 0 Å². The van der Waals surface area contributed by atoms with Gasteiger partial charge in [-0.3, -0.25) is 4.99 Å². The van der Waals surface area contributed by atoms with E-state index in [1.54, 1.807) is 7.11 Å². The molecule has 0 saturated heterocycles. The van der Waals surface area contributed by atoms with Crippen LogP contribution in [0.2, 0.25) is 0 Å². The Bertz CT molecular complexity index is 1190. The molecule has 6 heteroatoms. The predicted molar refractivity (Wildman–Crippen MR) is 124 cm³/mol. The zero-order valence-corrected chi connectivity index (χ0v) is 17.7. The lowest BCUT2D eigenvalue weighted by atomic mass is 10.1. The number of nitrogens with one attached hydrogen (secondary N) is 1. The normalized spacial score (nSPS) is 12.2. The fourth-order valence-electron chi connectivity index (χ4n) is 3.60. The van der Waals surface area contributed by atoms with Crippen LogP contribution in [0.4, 0.5) is 11.4 Å². The van der Waals surface area contributed by atoms with Gasteiger partial charge in [-0.05, 0) is 55.2 Å². The zero-order chi connectivity index (χ0) is 20.4. The first-order valence-electron chi connectivity index (χ1n) is 9.33. The maximum atomic E-state index is 10.7. The van der Waals surface area contributed by atoms with Crippen LogP contribution in [0, 0.1) is 0 Å². The average molecular weight is 452 g/mol. The Hall–Kier alpha value is -2.83. The summed E-state index contributed by atoms with van der Waals surface area (Å²) in [6.07, 6.45) is -0.569. The summed E-state index contributed by atoms with van der Waals surface area (Å²) >= 11 is 3.56.